The number of nitrogens with zero attached hydrogens (tertiary/aromatic N) is 3. The van der Waals surface area contributed by atoms with E-state index < -0.39 is 5.91 Å². The maximum absolute atomic E-state index is 12.7. The van der Waals surface area contributed by atoms with Gasteiger partial charge in [0, 0.05) is 35.3 Å². The predicted octanol–water partition coefficient (Wildman–Crippen LogP) is 2.89. The van der Waals surface area contributed by atoms with Gasteiger partial charge in [0.1, 0.15) is 0 Å². The van der Waals surface area contributed by atoms with Crippen molar-refractivity contribution in [2.75, 3.05) is 10.6 Å². The van der Waals surface area contributed by atoms with Crippen LogP contribution in [0.1, 0.15) is 20.8 Å². The van der Waals surface area contributed by atoms with Gasteiger partial charge in [0.15, 0.2) is 10.8 Å². The van der Waals surface area contributed by atoms with Crippen molar-refractivity contribution in [3.63, 3.8) is 0 Å². The molecule has 29 heavy (non-hydrogen) atoms. The highest BCUT2D eigenvalue weighted by molar-refractivity contribution is 7.13. The minimum atomic E-state index is -0.447. The molecule has 8 nitrogen and oxygen atoms in total. The number of anilines is 2. The largest absolute Gasteiger partial charge is 0.321 e. The fourth-order valence-corrected chi connectivity index (χ4v) is 3.34. The summed E-state index contributed by atoms with van der Waals surface area (Å²) in [4.78, 5) is 41.2. The number of rotatable bonds is 4. The smallest absolute Gasteiger partial charge is 0.276 e. The Morgan fingerprint density at radius 2 is 1.69 bits per heavy atom. The number of hydrogen-bond acceptors (Lipinski definition) is 6. The van der Waals surface area contributed by atoms with Gasteiger partial charge in [-0.15, -0.1) is 11.3 Å². The van der Waals surface area contributed by atoms with E-state index in [-0.39, 0.29) is 17.2 Å². The third kappa shape index (κ3) is 3.76. The van der Waals surface area contributed by atoms with Crippen molar-refractivity contribution in [3.8, 4) is 0 Å². The number of nitrogens with one attached hydrogen (secondary N) is 2. The van der Waals surface area contributed by atoms with Crippen molar-refractivity contribution in [2.45, 2.75) is 0 Å². The SMILES string of the molecule is Cn1nc(C(=O)Nc2ccc(C(=O)Nc3nccs3)cc2)c2ccccc2c1=O. The number of hydrogen-bond donors (Lipinski definition) is 2. The van der Waals surface area contributed by atoms with Gasteiger partial charge in [-0.1, -0.05) is 18.2 Å². The summed E-state index contributed by atoms with van der Waals surface area (Å²) in [6.45, 7) is 0. The Balaban J connectivity index is 1.55. The maximum Gasteiger partial charge on any atom is 0.276 e. The average molecular weight is 405 g/mol. The fraction of sp³-hybridized carbons (Fsp3) is 0.0500. The number of fused-ring (bicyclic) bond motifs is 1. The molecule has 0 aliphatic heterocycles. The minimum Gasteiger partial charge on any atom is -0.321 e. The number of aromatic nitrogens is 3. The van der Waals surface area contributed by atoms with Crippen molar-refractivity contribution in [1.82, 2.24) is 14.8 Å². The minimum absolute atomic E-state index is 0.147. The summed E-state index contributed by atoms with van der Waals surface area (Å²) >= 11 is 1.33. The van der Waals surface area contributed by atoms with E-state index >= 15 is 0 Å². The van der Waals surface area contributed by atoms with Gasteiger partial charge in [0.05, 0.1) is 5.39 Å². The zero-order valence-corrected chi connectivity index (χ0v) is 16.1. The normalized spacial score (nSPS) is 10.7. The molecule has 0 unspecified atom stereocenters. The van der Waals surface area contributed by atoms with Gasteiger partial charge in [-0.25, -0.2) is 9.67 Å². The van der Waals surface area contributed by atoms with Crippen molar-refractivity contribution in [2.24, 2.45) is 7.05 Å². The summed E-state index contributed by atoms with van der Waals surface area (Å²) in [6.07, 6.45) is 1.61. The Labute approximate surface area is 168 Å². The van der Waals surface area contributed by atoms with Gasteiger partial charge in [0.25, 0.3) is 17.4 Å². The molecule has 0 radical (unpaired) electrons. The molecule has 2 aromatic heterocycles. The number of carbonyl (C=O) groups excluding carboxylic acids is 2. The first-order valence-electron chi connectivity index (χ1n) is 8.61. The monoisotopic (exact) mass is 405 g/mol. The van der Waals surface area contributed by atoms with Crippen LogP contribution in [0.15, 0.2) is 64.9 Å². The van der Waals surface area contributed by atoms with E-state index in [0.29, 0.717) is 27.2 Å². The highest BCUT2D eigenvalue weighted by Gasteiger charge is 2.16. The molecule has 9 heteroatoms. The summed E-state index contributed by atoms with van der Waals surface area (Å²) < 4.78 is 1.14. The zero-order valence-electron chi connectivity index (χ0n) is 15.2. The van der Waals surface area contributed by atoms with Gasteiger partial charge in [-0.3, -0.25) is 19.7 Å². The Morgan fingerprint density at radius 1 is 0.966 bits per heavy atom. The number of aryl methyl sites for hydroxylation is 1. The van der Waals surface area contributed by atoms with Gasteiger partial charge >= 0.3 is 0 Å². The van der Waals surface area contributed by atoms with Crippen LogP contribution in [-0.2, 0) is 7.05 Å². The molecule has 0 atom stereocenters. The van der Waals surface area contributed by atoms with Crippen molar-refractivity contribution in [3.05, 3.63) is 81.7 Å². The highest BCUT2D eigenvalue weighted by atomic mass is 32.1. The lowest BCUT2D eigenvalue weighted by atomic mass is 10.1. The molecule has 0 aliphatic rings. The molecule has 2 N–H and O–H groups in total. The molecule has 2 heterocycles. The number of benzene rings is 2. The number of carbonyl (C=O) groups is 2. The van der Waals surface area contributed by atoms with E-state index in [0.717, 1.165) is 4.68 Å². The standard InChI is InChI=1S/C20H15N5O3S/c1-25-19(28)15-5-3-2-4-14(15)16(24-25)18(27)22-13-8-6-12(7-9-13)17(26)23-20-21-10-11-29-20/h2-11H,1H3,(H,22,27)(H,21,23,26). The first-order chi connectivity index (χ1) is 14.0. The molecule has 0 bridgehead atoms. The summed E-state index contributed by atoms with van der Waals surface area (Å²) in [5.74, 6) is -0.736. The predicted molar refractivity (Wildman–Crippen MR) is 111 cm³/mol. The van der Waals surface area contributed by atoms with Crippen LogP contribution in [0.2, 0.25) is 0 Å². The lowest BCUT2D eigenvalue weighted by Gasteiger charge is -2.09. The fourth-order valence-electron chi connectivity index (χ4n) is 2.82. The molecule has 2 aromatic carbocycles. The summed E-state index contributed by atoms with van der Waals surface area (Å²) in [5.41, 5.74) is 0.811. The van der Waals surface area contributed by atoms with E-state index in [4.69, 9.17) is 0 Å². The topological polar surface area (TPSA) is 106 Å². The van der Waals surface area contributed by atoms with Crippen LogP contribution in [0.4, 0.5) is 10.8 Å². The molecule has 0 aliphatic carbocycles. The van der Waals surface area contributed by atoms with Gasteiger partial charge in [0.2, 0.25) is 0 Å². The van der Waals surface area contributed by atoms with Crippen LogP contribution in [-0.4, -0.2) is 26.6 Å². The van der Waals surface area contributed by atoms with E-state index in [1.54, 1.807) is 60.1 Å². The quantitative estimate of drug-likeness (QED) is 0.543. The van der Waals surface area contributed by atoms with E-state index in [1.807, 2.05) is 0 Å². The average Bonchev–Trinajstić information content (AvgIpc) is 3.24. The lowest BCUT2D eigenvalue weighted by Crippen LogP contribution is -2.25. The molecule has 0 fully saturated rings. The Kier molecular flexibility index (Phi) is 4.88. The van der Waals surface area contributed by atoms with E-state index in [2.05, 4.69) is 20.7 Å². The van der Waals surface area contributed by atoms with Crippen LogP contribution >= 0.6 is 11.3 Å². The molecular weight excluding hydrogens is 390 g/mol. The van der Waals surface area contributed by atoms with Crippen LogP contribution in [0.25, 0.3) is 10.8 Å². The molecule has 4 aromatic rings. The second kappa shape index (κ2) is 7.64. The molecule has 2 amide bonds. The van der Waals surface area contributed by atoms with Crippen LogP contribution in [0, 0.1) is 0 Å². The second-order valence-electron chi connectivity index (χ2n) is 6.15. The molecular formula is C20H15N5O3S. The third-order valence-electron chi connectivity index (χ3n) is 4.23. The van der Waals surface area contributed by atoms with Crippen LogP contribution < -0.4 is 16.2 Å². The Bertz CT molecular complexity index is 1260. The maximum atomic E-state index is 12.7. The summed E-state index contributed by atoms with van der Waals surface area (Å²) in [5, 5.41) is 12.7. The first-order valence-corrected chi connectivity index (χ1v) is 9.49. The number of amides is 2. The third-order valence-corrected chi connectivity index (χ3v) is 4.92. The van der Waals surface area contributed by atoms with E-state index in [9.17, 15) is 14.4 Å². The summed E-state index contributed by atoms with van der Waals surface area (Å²) in [7, 11) is 1.50. The van der Waals surface area contributed by atoms with Crippen molar-refractivity contribution in [1.29, 1.82) is 0 Å². The molecule has 0 saturated heterocycles. The molecule has 144 valence electrons. The van der Waals surface area contributed by atoms with E-state index in [1.165, 1.54) is 18.4 Å². The lowest BCUT2D eigenvalue weighted by molar-refractivity contribution is 0.101. The second-order valence-corrected chi connectivity index (χ2v) is 7.04. The van der Waals surface area contributed by atoms with Crippen molar-refractivity contribution >= 4 is 44.7 Å². The zero-order chi connectivity index (χ0) is 20.4. The van der Waals surface area contributed by atoms with Gasteiger partial charge < -0.3 is 5.32 Å². The van der Waals surface area contributed by atoms with Crippen molar-refractivity contribution < 1.29 is 9.59 Å². The van der Waals surface area contributed by atoms with Crippen LogP contribution in [0.3, 0.4) is 0 Å². The summed E-state index contributed by atoms with van der Waals surface area (Å²) in [6, 6.07) is 13.3. The van der Waals surface area contributed by atoms with Crippen LogP contribution in [0.5, 0.6) is 0 Å². The number of thiazole rings is 1. The molecule has 0 saturated carbocycles. The first kappa shape index (κ1) is 18.5. The highest BCUT2D eigenvalue weighted by Crippen LogP contribution is 2.17. The van der Waals surface area contributed by atoms with Gasteiger partial charge in [-0.2, -0.15) is 5.10 Å². The molecule has 0 spiro atoms. The Hall–Kier alpha value is -3.85. The Morgan fingerprint density at radius 3 is 2.38 bits per heavy atom. The molecule has 4 rings (SSSR count). The van der Waals surface area contributed by atoms with Gasteiger partial charge in [-0.05, 0) is 30.3 Å².